The van der Waals surface area contributed by atoms with Crippen molar-refractivity contribution >= 4 is 17.6 Å². The van der Waals surface area contributed by atoms with Crippen LogP contribution in [0.1, 0.15) is 32.3 Å². The smallest absolute Gasteiger partial charge is 0.309 e. The summed E-state index contributed by atoms with van der Waals surface area (Å²) in [5.74, 6) is -0.541. The van der Waals surface area contributed by atoms with Crippen LogP contribution in [0.15, 0.2) is 18.5 Å². The van der Waals surface area contributed by atoms with Crippen molar-refractivity contribution in [1.82, 2.24) is 9.88 Å². The van der Waals surface area contributed by atoms with Crippen LogP contribution in [-0.4, -0.2) is 34.0 Å². The summed E-state index contributed by atoms with van der Waals surface area (Å²) in [4.78, 5) is 17.7. The van der Waals surface area contributed by atoms with Crippen LogP contribution in [0.5, 0.6) is 0 Å². The fourth-order valence-corrected chi connectivity index (χ4v) is 2.92. The van der Waals surface area contributed by atoms with Crippen molar-refractivity contribution in [3.05, 3.63) is 29.0 Å². The van der Waals surface area contributed by atoms with Gasteiger partial charge in [0.2, 0.25) is 0 Å². The molecule has 1 N–H and O–H groups in total. The van der Waals surface area contributed by atoms with Crippen LogP contribution in [-0.2, 0) is 11.3 Å². The van der Waals surface area contributed by atoms with Crippen molar-refractivity contribution in [3.63, 3.8) is 0 Å². The van der Waals surface area contributed by atoms with Crippen LogP contribution in [0.4, 0.5) is 0 Å². The number of piperidine rings is 1. The molecule has 2 heterocycles. The van der Waals surface area contributed by atoms with E-state index in [1.54, 1.807) is 12.4 Å². The first-order valence-corrected chi connectivity index (χ1v) is 7.33. The van der Waals surface area contributed by atoms with Gasteiger partial charge in [0.25, 0.3) is 0 Å². The van der Waals surface area contributed by atoms with Crippen LogP contribution in [0, 0.1) is 11.3 Å². The molecular formula is C15H21ClN2O2. The summed E-state index contributed by atoms with van der Waals surface area (Å²) in [6.45, 7) is 6.20. The molecule has 0 amide bonds. The van der Waals surface area contributed by atoms with Gasteiger partial charge in [0.15, 0.2) is 0 Å². The molecular weight excluding hydrogens is 276 g/mol. The summed E-state index contributed by atoms with van der Waals surface area (Å²) in [6, 6.07) is 1.92. The number of carbonyl (C=O) groups is 1. The molecule has 0 saturated carbocycles. The Morgan fingerprint density at radius 3 is 3.00 bits per heavy atom. The van der Waals surface area contributed by atoms with Crippen LogP contribution in [0.25, 0.3) is 0 Å². The van der Waals surface area contributed by atoms with Gasteiger partial charge in [0, 0.05) is 25.5 Å². The zero-order valence-corrected chi connectivity index (χ0v) is 12.7. The second-order valence-corrected chi connectivity index (χ2v) is 6.48. The lowest BCUT2D eigenvalue weighted by molar-refractivity contribution is -0.151. The SMILES string of the molecule is CC(C)(C(=O)O)C1CCCN(Cc2ccncc2Cl)C1. The third kappa shape index (κ3) is 3.30. The second-order valence-electron chi connectivity index (χ2n) is 6.07. The molecule has 20 heavy (non-hydrogen) atoms. The Labute approximate surface area is 124 Å². The first-order chi connectivity index (χ1) is 9.41. The molecule has 0 spiro atoms. The molecule has 4 nitrogen and oxygen atoms in total. The second kappa shape index (κ2) is 6.10. The van der Waals surface area contributed by atoms with Gasteiger partial charge < -0.3 is 5.11 Å². The van der Waals surface area contributed by atoms with Crippen LogP contribution in [0.3, 0.4) is 0 Å². The number of pyridine rings is 1. The standard InChI is InChI=1S/C15H21ClN2O2/c1-15(2,14(19)20)12-4-3-7-18(10-12)9-11-5-6-17-8-13(11)16/h5-6,8,12H,3-4,7,9-10H2,1-2H3,(H,19,20). The Balaban J connectivity index is 2.04. The van der Waals surface area contributed by atoms with Gasteiger partial charge in [-0.3, -0.25) is 14.7 Å². The summed E-state index contributed by atoms with van der Waals surface area (Å²) < 4.78 is 0. The third-order valence-corrected chi connectivity index (χ3v) is 4.67. The molecule has 1 aromatic rings. The molecule has 1 saturated heterocycles. The highest BCUT2D eigenvalue weighted by Gasteiger charge is 2.38. The highest BCUT2D eigenvalue weighted by atomic mass is 35.5. The Kier molecular flexibility index (Phi) is 4.66. The van der Waals surface area contributed by atoms with Gasteiger partial charge >= 0.3 is 5.97 Å². The van der Waals surface area contributed by atoms with Crippen LogP contribution < -0.4 is 0 Å². The number of aromatic nitrogens is 1. The molecule has 0 aliphatic carbocycles. The fourth-order valence-electron chi connectivity index (χ4n) is 2.74. The normalized spacial score (nSPS) is 20.9. The predicted molar refractivity (Wildman–Crippen MR) is 78.7 cm³/mol. The van der Waals surface area contributed by atoms with Crippen molar-refractivity contribution in [1.29, 1.82) is 0 Å². The van der Waals surface area contributed by atoms with E-state index in [0.717, 1.165) is 38.0 Å². The Morgan fingerprint density at radius 2 is 2.35 bits per heavy atom. The first-order valence-electron chi connectivity index (χ1n) is 6.95. The Hall–Kier alpha value is -1.13. The van der Waals surface area contributed by atoms with Gasteiger partial charge in [-0.15, -0.1) is 0 Å². The summed E-state index contributed by atoms with van der Waals surface area (Å²) in [5.41, 5.74) is 0.371. The third-order valence-electron chi connectivity index (χ3n) is 4.33. The summed E-state index contributed by atoms with van der Waals surface area (Å²) in [6.07, 6.45) is 5.40. The number of halogens is 1. The number of nitrogens with zero attached hydrogens (tertiary/aromatic N) is 2. The van der Waals surface area contributed by atoms with Gasteiger partial charge in [-0.25, -0.2) is 0 Å². The first kappa shape index (κ1) is 15.3. The fraction of sp³-hybridized carbons (Fsp3) is 0.600. The number of carboxylic acid groups (broad SMARTS) is 1. The van der Waals surface area contributed by atoms with Crippen molar-refractivity contribution in [2.75, 3.05) is 13.1 Å². The van der Waals surface area contributed by atoms with E-state index in [4.69, 9.17) is 11.6 Å². The molecule has 0 bridgehead atoms. The van der Waals surface area contributed by atoms with Gasteiger partial charge in [-0.1, -0.05) is 11.6 Å². The molecule has 1 unspecified atom stereocenters. The van der Waals surface area contributed by atoms with Gasteiger partial charge in [-0.05, 0) is 50.8 Å². The number of aliphatic carboxylic acids is 1. The molecule has 5 heteroatoms. The molecule has 110 valence electrons. The minimum atomic E-state index is -0.716. The highest BCUT2D eigenvalue weighted by Crippen LogP contribution is 2.34. The maximum atomic E-state index is 11.4. The molecule has 0 radical (unpaired) electrons. The van der Waals surface area contributed by atoms with E-state index < -0.39 is 11.4 Å². The maximum Gasteiger partial charge on any atom is 0.309 e. The lowest BCUT2D eigenvalue weighted by Crippen LogP contribution is -2.44. The largest absolute Gasteiger partial charge is 0.481 e. The topological polar surface area (TPSA) is 53.4 Å². The van der Waals surface area contributed by atoms with E-state index in [1.807, 2.05) is 19.9 Å². The molecule has 1 aliphatic rings. The minimum Gasteiger partial charge on any atom is -0.481 e. The molecule has 1 fully saturated rings. The summed E-state index contributed by atoms with van der Waals surface area (Å²) in [5, 5.41) is 10.0. The molecule has 0 aromatic carbocycles. The molecule has 1 aromatic heterocycles. The lowest BCUT2D eigenvalue weighted by Gasteiger charge is -2.39. The Morgan fingerprint density at radius 1 is 1.60 bits per heavy atom. The minimum absolute atomic E-state index is 0.175. The molecule has 2 rings (SSSR count). The Bertz CT molecular complexity index is 491. The van der Waals surface area contributed by atoms with Crippen molar-refractivity contribution in [2.24, 2.45) is 11.3 Å². The van der Waals surface area contributed by atoms with E-state index >= 15 is 0 Å². The molecule has 1 atom stereocenters. The van der Waals surface area contributed by atoms with Crippen molar-refractivity contribution in [3.8, 4) is 0 Å². The predicted octanol–water partition coefficient (Wildman–Crippen LogP) is 3.06. The molecule has 1 aliphatic heterocycles. The van der Waals surface area contributed by atoms with E-state index in [0.29, 0.717) is 5.02 Å². The number of carboxylic acids is 1. The van der Waals surface area contributed by atoms with E-state index in [-0.39, 0.29) is 5.92 Å². The van der Waals surface area contributed by atoms with Gasteiger partial charge in [0.1, 0.15) is 0 Å². The lowest BCUT2D eigenvalue weighted by atomic mass is 9.74. The van der Waals surface area contributed by atoms with Gasteiger partial charge in [-0.2, -0.15) is 0 Å². The maximum absolute atomic E-state index is 11.4. The van der Waals surface area contributed by atoms with E-state index in [9.17, 15) is 9.90 Å². The number of hydrogen-bond donors (Lipinski definition) is 1. The summed E-state index contributed by atoms with van der Waals surface area (Å²) >= 11 is 6.14. The van der Waals surface area contributed by atoms with E-state index in [2.05, 4.69) is 9.88 Å². The zero-order valence-electron chi connectivity index (χ0n) is 12.0. The average Bonchev–Trinajstić information content (AvgIpc) is 2.41. The van der Waals surface area contributed by atoms with Gasteiger partial charge in [0.05, 0.1) is 10.4 Å². The highest BCUT2D eigenvalue weighted by molar-refractivity contribution is 6.31. The number of rotatable bonds is 4. The van der Waals surface area contributed by atoms with E-state index in [1.165, 1.54) is 0 Å². The quantitative estimate of drug-likeness (QED) is 0.928. The van der Waals surface area contributed by atoms with Crippen molar-refractivity contribution < 1.29 is 9.90 Å². The average molecular weight is 297 g/mol. The number of hydrogen-bond acceptors (Lipinski definition) is 3. The van der Waals surface area contributed by atoms with Crippen LogP contribution in [0.2, 0.25) is 5.02 Å². The number of likely N-dealkylation sites (tertiary alicyclic amines) is 1. The monoisotopic (exact) mass is 296 g/mol. The van der Waals surface area contributed by atoms with Crippen LogP contribution >= 0.6 is 11.6 Å². The van der Waals surface area contributed by atoms with Crippen molar-refractivity contribution in [2.45, 2.75) is 33.2 Å². The zero-order chi connectivity index (χ0) is 14.8. The summed E-state index contributed by atoms with van der Waals surface area (Å²) in [7, 11) is 0.